The van der Waals surface area contributed by atoms with E-state index in [0.717, 1.165) is 22.6 Å². The predicted octanol–water partition coefficient (Wildman–Crippen LogP) is 4.02. The van der Waals surface area contributed by atoms with Crippen LogP contribution in [0.4, 0.5) is 24.5 Å². The topological polar surface area (TPSA) is 47.3 Å². The Hall–Kier alpha value is -2.92. The number of nitriles is 1. The molecular weight excluding hydrogens is 363 g/mol. The summed E-state index contributed by atoms with van der Waals surface area (Å²) in [5, 5.41) is 8.98. The first-order valence-corrected chi connectivity index (χ1v) is 7.95. The maximum atomic E-state index is 13.2. The molecule has 0 radical (unpaired) electrons. The Balaban J connectivity index is 2.00. The molecule has 1 heterocycles. The molecule has 3 rings (SSSR count). The van der Waals surface area contributed by atoms with Crippen LogP contribution in [-0.2, 0) is 11.0 Å². The van der Waals surface area contributed by atoms with Gasteiger partial charge < -0.3 is 4.90 Å². The van der Waals surface area contributed by atoms with Crippen LogP contribution in [0, 0.1) is 18.3 Å². The van der Waals surface area contributed by atoms with E-state index in [1.165, 1.54) is 12.1 Å². The van der Waals surface area contributed by atoms with Crippen LogP contribution < -0.4 is 9.80 Å². The monoisotopic (exact) mass is 375 g/mol. The van der Waals surface area contributed by atoms with Crippen molar-refractivity contribution in [2.24, 2.45) is 0 Å². The molecule has 0 spiro atoms. The fourth-order valence-electron chi connectivity index (χ4n) is 2.69. The largest absolute Gasteiger partial charge is 0.417 e. The Morgan fingerprint density at radius 1 is 1.12 bits per heavy atom. The normalized spacial score (nSPS) is 14.7. The number of carbonyl (C=O) groups is 1. The number of amides is 1. The number of benzene rings is 2. The molecule has 132 valence electrons. The zero-order valence-corrected chi connectivity index (χ0v) is 14.4. The molecule has 4 nitrogen and oxygen atoms in total. The summed E-state index contributed by atoms with van der Waals surface area (Å²) >= 11 is 5.32. The summed E-state index contributed by atoms with van der Waals surface area (Å²) in [4.78, 5) is 15.0. The Labute approximate surface area is 153 Å². The van der Waals surface area contributed by atoms with Crippen LogP contribution in [-0.4, -0.2) is 17.6 Å². The van der Waals surface area contributed by atoms with Gasteiger partial charge in [-0.25, -0.2) is 0 Å². The Bertz CT molecular complexity index is 932. The van der Waals surface area contributed by atoms with Crippen LogP contribution in [0.15, 0.2) is 42.5 Å². The fourth-order valence-corrected chi connectivity index (χ4v) is 3.06. The van der Waals surface area contributed by atoms with Crippen LogP contribution >= 0.6 is 12.2 Å². The first kappa shape index (κ1) is 17.9. The van der Waals surface area contributed by atoms with E-state index in [2.05, 4.69) is 0 Å². The molecule has 0 aromatic heterocycles. The summed E-state index contributed by atoms with van der Waals surface area (Å²) in [6.45, 7) is 1.85. The summed E-state index contributed by atoms with van der Waals surface area (Å²) < 4.78 is 39.5. The van der Waals surface area contributed by atoms with E-state index < -0.39 is 23.2 Å². The van der Waals surface area contributed by atoms with E-state index in [9.17, 15) is 18.0 Å². The van der Waals surface area contributed by atoms with Crippen molar-refractivity contribution in [1.82, 2.24) is 0 Å². The first-order valence-electron chi connectivity index (χ1n) is 7.55. The fraction of sp³-hybridized carbons (Fsp3) is 0.167. The molecule has 1 aliphatic heterocycles. The second-order valence-electron chi connectivity index (χ2n) is 5.77. The van der Waals surface area contributed by atoms with Crippen molar-refractivity contribution in [3.8, 4) is 6.07 Å². The second-order valence-corrected chi connectivity index (χ2v) is 6.14. The van der Waals surface area contributed by atoms with Crippen molar-refractivity contribution >= 4 is 34.6 Å². The van der Waals surface area contributed by atoms with Gasteiger partial charge >= 0.3 is 6.18 Å². The van der Waals surface area contributed by atoms with Gasteiger partial charge in [-0.1, -0.05) is 17.7 Å². The van der Waals surface area contributed by atoms with Gasteiger partial charge in [0.05, 0.1) is 22.9 Å². The van der Waals surface area contributed by atoms with E-state index in [1.54, 1.807) is 17.0 Å². The van der Waals surface area contributed by atoms with Crippen molar-refractivity contribution in [1.29, 1.82) is 5.26 Å². The summed E-state index contributed by atoms with van der Waals surface area (Å²) in [7, 11) is 0. The summed E-state index contributed by atoms with van der Waals surface area (Å²) in [6, 6.07) is 11.9. The quantitative estimate of drug-likeness (QED) is 0.744. The summed E-state index contributed by atoms with van der Waals surface area (Å²) in [5.74, 6) is -0.437. The Morgan fingerprint density at radius 2 is 1.73 bits per heavy atom. The van der Waals surface area contributed by atoms with Gasteiger partial charge in [0, 0.05) is 5.69 Å². The van der Waals surface area contributed by atoms with Gasteiger partial charge in [0.1, 0.15) is 6.54 Å². The molecule has 1 saturated heterocycles. The standard InChI is InChI=1S/C18H12F3N3OS/c1-11-2-5-13(6-3-11)23-10-16(25)24(17(23)26)14-7-4-12(9-22)15(8-14)18(19,20)21/h2-8H,10H2,1H3. The number of rotatable bonds is 2. The SMILES string of the molecule is Cc1ccc(N2CC(=O)N(c3ccc(C#N)c(C(F)(F)F)c3)C2=S)cc1. The first-order chi connectivity index (χ1) is 12.2. The minimum Gasteiger partial charge on any atom is -0.309 e. The molecule has 1 amide bonds. The molecule has 0 aliphatic carbocycles. The molecule has 0 N–H and O–H groups in total. The molecule has 26 heavy (non-hydrogen) atoms. The van der Waals surface area contributed by atoms with E-state index in [4.69, 9.17) is 17.5 Å². The van der Waals surface area contributed by atoms with Gasteiger partial charge in [-0.2, -0.15) is 18.4 Å². The zero-order valence-electron chi connectivity index (χ0n) is 13.5. The van der Waals surface area contributed by atoms with Crippen LogP contribution in [0.3, 0.4) is 0 Å². The number of thiocarbonyl (C=S) groups is 1. The lowest BCUT2D eigenvalue weighted by atomic mass is 10.1. The highest BCUT2D eigenvalue weighted by Gasteiger charge is 2.38. The molecular formula is C18H12F3N3OS. The Morgan fingerprint density at radius 3 is 2.31 bits per heavy atom. The lowest BCUT2D eigenvalue weighted by Crippen LogP contribution is -2.33. The summed E-state index contributed by atoms with van der Waals surface area (Å²) in [6.07, 6.45) is -4.71. The van der Waals surface area contributed by atoms with E-state index >= 15 is 0 Å². The van der Waals surface area contributed by atoms with Crippen molar-refractivity contribution in [2.45, 2.75) is 13.1 Å². The second kappa shape index (κ2) is 6.42. The van der Waals surface area contributed by atoms with Gasteiger partial charge in [-0.3, -0.25) is 9.69 Å². The van der Waals surface area contributed by atoms with E-state index in [1.807, 2.05) is 19.1 Å². The number of carbonyl (C=O) groups excluding carboxylic acids is 1. The molecule has 2 aromatic rings. The smallest absolute Gasteiger partial charge is 0.309 e. The summed E-state index contributed by atoms with van der Waals surface area (Å²) in [5.41, 5.74) is 0.0992. The van der Waals surface area contributed by atoms with Gasteiger partial charge in [0.2, 0.25) is 0 Å². The number of halogens is 3. The number of hydrogen-bond donors (Lipinski definition) is 0. The number of nitrogens with zero attached hydrogens (tertiary/aromatic N) is 3. The maximum absolute atomic E-state index is 13.2. The highest BCUT2D eigenvalue weighted by Crippen LogP contribution is 2.35. The van der Waals surface area contributed by atoms with Crippen molar-refractivity contribution < 1.29 is 18.0 Å². The lowest BCUT2D eigenvalue weighted by Gasteiger charge is -2.21. The molecule has 0 saturated carbocycles. The molecule has 0 atom stereocenters. The molecule has 0 unspecified atom stereocenters. The molecule has 1 fully saturated rings. The molecule has 2 aromatic carbocycles. The molecule has 1 aliphatic rings. The van der Waals surface area contributed by atoms with Crippen LogP contribution in [0.1, 0.15) is 16.7 Å². The van der Waals surface area contributed by atoms with Crippen molar-refractivity contribution in [3.05, 3.63) is 59.2 Å². The molecule has 8 heteroatoms. The van der Waals surface area contributed by atoms with Crippen molar-refractivity contribution in [3.63, 3.8) is 0 Å². The minimum absolute atomic E-state index is 0.0130. The number of aryl methyl sites for hydroxylation is 1. The molecule has 0 bridgehead atoms. The highest BCUT2D eigenvalue weighted by atomic mass is 32.1. The van der Waals surface area contributed by atoms with E-state index in [0.29, 0.717) is 5.69 Å². The minimum atomic E-state index is -4.71. The third kappa shape index (κ3) is 3.13. The van der Waals surface area contributed by atoms with Crippen LogP contribution in [0.25, 0.3) is 0 Å². The van der Waals surface area contributed by atoms with Crippen LogP contribution in [0.5, 0.6) is 0 Å². The van der Waals surface area contributed by atoms with Gasteiger partial charge in [-0.15, -0.1) is 0 Å². The maximum Gasteiger partial charge on any atom is 0.417 e. The van der Waals surface area contributed by atoms with Gasteiger partial charge in [-0.05, 0) is 49.5 Å². The number of anilines is 2. The Kier molecular flexibility index (Phi) is 4.42. The average molecular weight is 375 g/mol. The average Bonchev–Trinajstić information content (AvgIpc) is 2.89. The predicted molar refractivity (Wildman–Crippen MR) is 94.8 cm³/mol. The number of hydrogen-bond acceptors (Lipinski definition) is 3. The third-order valence-electron chi connectivity index (χ3n) is 4.00. The van der Waals surface area contributed by atoms with E-state index in [-0.39, 0.29) is 17.3 Å². The van der Waals surface area contributed by atoms with Gasteiger partial charge in [0.15, 0.2) is 5.11 Å². The van der Waals surface area contributed by atoms with Gasteiger partial charge in [0.25, 0.3) is 5.91 Å². The zero-order chi connectivity index (χ0) is 19.1. The third-order valence-corrected chi connectivity index (χ3v) is 4.40. The number of alkyl halides is 3. The lowest BCUT2D eigenvalue weighted by molar-refractivity contribution is -0.137. The van der Waals surface area contributed by atoms with Crippen LogP contribution in [0.2, 0.25) is 0 Å². The van der Waals surface area contributed by atoms with Crippen molar-refractivity contribution in [2.75, 3.05) is 16.3 Å². The highest BCUT2D eigenvalue weighted by molar-refractivity contribution is 7.81.